The molecule has 0 saturated carbocycles. The third-order valence-electron chi connectivity index (χ3n) is 4.46. The fourth-order valence-electron chi connectivity index (χ4n) is 3.10. The predicted octanol–water partition coefficient (Wildman–Crippen LogP) is 3.72. The lowest BCUT2D eigenvalue weighted by Gasteiger charge is -2.18. The van der Waals surface area contributed by atoms with Gasteiger partial charge in [-0.25, -0.2) is 4.98 Å². The molecule has 2 aromatic heterocycles. The summed E-state index contributed by atoms with van der Waals surface area (Å²) in [7, 11) is 5.77. The monoisotopic (exact) mass is 351 g/mol. The van der Waals surface area contributed by atoms with Gasteiger partial charge in [-0.05, 0) is 31.0 Å². The first-order chi connectivity index (χ1) is 12.3. The third-order valence-corrected chi connectivity index (χ3v) is 4.46. The average Bonchev–Trinajstić information content (AvgIpc) is 2.88. The summed E-state index contributed by atoms with van der Waals surface area (Å²) < 4.78 is 1.74. The Morgan fingerprint density at radius 2 is 1.92 bits per heavy atom. The van der Waals surface area contributed by atoms with E-state index in [1.165, 1.54) is 0 Å². The molecule has 6 nitrogen and oxygen atoms in total. The standard InChI is InChI=1S/C20H25N5O/c1-12(2)16-11-14(18-13(3)23-25(6)19(18)21-16)20(26)22-15-9-7-8-10-17(15)24(4)5/h7-12H,1-6H3,(H,22,26). The van der Waals surface area contributed by atoms with Gasteiger partial charge in [-0.3, -0.25) is 9.48 Å². The van der Waals surface area contributed by atoms with E-state index >= 15 is 0 Å². The quantitative estimate of drug-likeness (QED) is 0.778. The van der Waals surface area contributed by atoms with Gasteiger partial charge < -0.3 is 10.2 Å². The maximum Gasteiger partial charge on any atom is 0.256 e. The molecule has 1 aromatic carbocycles. The van der Waals surface area contributed by atoms with Gasteiger partial charge in [-0.2, -0.15) is 5.10 Å². The molecule has 0 aliphatic rings. The lowest BCUT2D eigenvalue weighted by atomic mass is 10.0. The summed E-state index contributed by atoms with van der Waals surface area (Å²) in [5.74, 6) is 0.0694. The number of amides is 1. The molecular formula is C20H25N5O. The normalized spacial score (nSPS) is 11.2. The Balaban J connectivity index is 2.11. The molecule has 0 spiro atoms. The SMILES string of the molecule is Cc1nn(C)c2nc(C(C)C)cc(C(=O)Nc3ccccc3N(C)C)c12. The Kier molecular flexibility index (Phi) is 4.68. The molecule has 0 aliphatic heterocycles. The van der Waals surface area contributed by atoms with E-state index in [2.05, 4.69) is 24.3 Å². The zero-order valence-corrected chi connectivity index (χ0v) is 16.2. The first-order valence-electron chi connectivity index (χ1n) is 8.71. The second-order valence-corrected chi connectivity index (χ2v) is 7.02. The molecule has 136 valence electrons. The summed E-state index contributed by atoms with van der Waals surface area (Å²) >= 11 is 0. The van der Waals surface area contributed by atoms with Gasteiger partial charge in [-0.15, -0.1) is 0 Å². The number of aryl methyl sites for hydroxylation is 2. The summed E-state index contributed by atoms with van der Waals surface area (Å²) in [6.07, 6.45) is 0. The molecule has 3 rings (SSSR count). The van der Waals surface area contributed by atoms with Crippen LogP contribution in [0.4, 0.5) is 11.4 Å². The van der Waals surface area contributed by atoms with Crippen molar-refractivity contribution in [3.63, 3.8) is 0 Å². The van der Waals surface area contributed by atoms with Crippen molar-refractivity contribution in [1.29, 1.82) is 0 Å². The minimum Gasteiger partial charge on any atom is -0.376 e. The molecule has 0 unspecified atom stereocenters. The number of aromatic nitrogens is 3. The number of carbonyl (C=O) groups is 1. The number of hydrogen-bond acceptors (Lipinski definition) is 4. The highest BCUT2D eigenvalue weighted by atomic mass is 16.1. The van der Waals surface area contributed by atoms with Gasteiger partial charge in [-0.1, -0.05) is 26.0 Å². The molecule has 2 heterocycles. The largest absolute Gasteiger partial charge is 0.376 e. The molecule has 26 heavy (non-hydrogen) atoms. The maximum absolute atomic E-state index is 13.1. The van der Waals surface area contributed by atoms with Crippen LogP contribution in [0.5, 0.6) is 0 Å². The minimum absolute atomic E-state index is 0.148. The van der Waals surface area contributed by atoms with E-state index in [0.717, 1.165) is 33.8 Å². The highest BCUT2D eigenvalue weighted by Gasteiger charge is 2.20. The number of para-hydroxylation sites is 2. The van der Waals surface area contributed by atoms with Crippen molar-refractivity contribution in [3.8, 4) is 0 Å². The van der Waals surface area contributed by atoms with E-state index < -0.39 is 0 Å². The Bertz CT molecular complexity index is 972. The van der Waals surface area contributed by atoms with Crippen molar-refractivity contribution >= 4 is 28.3 Å². The molecule has 0 saturated heterocycles. The Morgan fingerprint density at radius 3 is 2.58 bits per heavy atom. The molecule has 0 fully saturated rings. The lowest BCUT2D eigenvalue weighted by molar-refractivity contribution is 0.102. The summed E-state index contributed by atoms with van der Waals surface area (Å²) in [6, 6.07) is 9.64. The van der Waals surface area contributed by atoms with Crippen molar-refractivity contribution in [3.05, 3.63) is 47.3 Å². The summed E-state index contributed by atoms with van der Waals surface area (Å²) in [5.41, 5.74) is 4.76. The van der Waals surface area contributed by atoms with Crippen LogP contribution in [0.3, 0.4) is 0 Å². The van der Waals surface area contributed by atoms with Crippen LogP contribution in [0.1, 0.15) is 41.5 Å². The van der Waals surface area contributed by atoms with E-state index in [1.807, 2.05) is 63.3 Å². The van der Waals surface area contributed by atoms with E-state index in [9.17, 15) is 4.79 Å². The van der Waals surface area contributed by atoms with Crippen LogP contribution in [0.25, 0.3) is 11.0 Å². The summed E-state index contributed by atoms with van der Waals surface area (Å²) in [4.78, 5) is 19.8. The molecule has 0 bridgehead atoms. The van der Waals surface area contributed by atoms with Gasteiger partial charge in [0.1, 0.15) is 0 Å². The summed E-state index contributed by atoms with van der Waals surface area (Å²) in [6.45, 7) is 6.05. The Hall–Kier alpha value is -2.89. The maximum atomic E-state index is 13.1. The number of nitrogens with one attached hydrogen (secondary N) is 1. The third kappa shape index (κ3) is 3.14. The first kappa shape index (κ1) is 17.9. The Labute approximate surface area is 153 Å². The molecule has 0 aliphatic carbocycles. The highest BCUT2D eigenvalue weighted by molar-refractivity contribution is 6.13. The lowest BCUT2D eigenvalue weighted by Crippen LogP contribution is -2.17. The molecule has 6 heteroatoms. The van der Waals surface area contributed by atoms with Gasteiger partial charge in [0.2, 0.25) is 0 Å². The summed E-state index contributed by atoms with van der Waals surface area (Å²) in [5, 5.41) is 8.31. The van der Waals surface area contributed by atoms with Crippen molar-refractivity contribution in [2.24, 2.45) is 7.05 Å². The topological polar surface area (TPSA) is 63.1 Å². The van der Waals surface area contributed by atoms with Crippen LogP contribution in [-0.4, -0.2) is 34.8 Å². The Morgan fingerprint density at radius 1 is 1.23 bits per heavy atom. The second kappa shape index (κ2) is 6.78. The first-order valence-corrected chi connectivity index (χ1v) is 8.71. The molecule has 3 aromatic rings. The number of pyridine rings is 1. The van der Waals surface area contributed by atoms with E-state index in [0.29, 0.717) is 5.56 Å². The fraction of sp³-hybridized carbons (Fsp3) is 0.350. The number of rotatable bonds is 4. The minimum atomic E-state index is -0.148. The zero-order valence-electron chi connectivity index (χ0n) is 16.2. The molecule has 1 amide bonds. The van der Waals surface area contributed by atoms with Gasteiger partial charge in [0, 0.05) is 26.8 Å². The number of carbonyl (C=O) groups excluding carboxylic acids is 1. The number of hydrogen-bond donors (Lipinski definition) is 1. The molecular weight excluding hydrogens is 326 g/mol. The van der Waals surface area contributed by atoms with Gasteiger partial charge in [0.05, 0.1) is 28.0 Å². The van der Waals surface area contributed by atoms with E-state index in [-0.39, 0.29) is 11.8 Å². The second-order valence-electron chi connectivity index (χ2n) is 7.02. The van der Waals surface area contributed by atoms with Crippen LogP contribution in [0.15, 0.2) is 30.3 Å². The zero-order chi connectivity index (χ0) is 19.0. The van der Waals surface area contributed by atoms with Crippen LogP contribution in [0.2, 0.25) is 0 Å². The molecule has 0 radical (unpaired) electrons. The van der Waals surface area contributed by atoms with Crippen molar-refractivity contribution < 1.29 is 4.79 Å². The van der Waals surface area contributed by atoms with Crippen LogP contribution >= 0.6 is 0 Å². The molecule has 1 N–H and O–H groups in total. The number of nitrogens with zero attached hydrogens (tertiary/aromatic N) is 4. The number of fused-ring (bicyclic) bond motifs is 1. The van der Waals surface area contributed by atoms with Crippen molar-refractivity contribution in [2.75, 3.05) is 24.3 Å². The smallest absolute Gasteiger partial charge is 0.256 e. The van der Waals surface area contributed by atoms with Crippen molar-refractivity contribution in [2.45, 2.75) is 26.7 Å². The van der Waals surface area contributed by atoms with E-state index in [4.69, 9.17) is 4.98 Å². The molecule has 0 atom stereocenters. The van der Waals surface area contributed by atoms with Gasteiger partial charge in [0.25, 0.3) is 5.91 Å². The predicted molar refractivity (Wildman–Crippen MR) is 106 cm³/mol. The number of benzene rings is 1. The van der Waals surface area contributed by atoms with Crippen LogP contribution in [0, 0.1) is 6.92 Å². The van der Waals surface area contributed by atoms with Crippen molar-refractivity contribution in [1.82, 2.24) is 14.8 Å². The number of anilines is 2. The highest BCUT2D eigenvalue weighted by Crippen LogP contribution is 2.28. The average molecular weight is 351 g/mol. The van der Waals surface area contributed by atoms with Crippen LogP contribution < -0.4 is 10.2 Å². The van der Waals surface area contributed by atoms with Gasteiger partial charge in [0.15, 0.2) is 5.65 Å². The van der Waals surface area contributed by atoms with E-state index in [1.54, 1.807) is 4.68 Å². The van der Waals surface area contributed by atoms with Crippen LogP contribution in [-0.2, 0) is 7.05 Å². The fourth-order valence-corrected chi connectivity index (χ4v) is 3.10. The van der Waals surface area contributed by atoms with Gasteiger partial charge >= 0.3 is 0 Å².